The molecule has 0 bridgehead atoms. The van der Waals surface area contributed by atoms with Gasteiger partial charge in [-0.2, -0.15) is 0 Å². The molecule has 106 valence electrons. The van der Waals surface area contributed by atoms with Crippen LogP contribution < -0.4 is 11.1 Å². The smallest absolute Gasteiger partial charge is 0.326 e. The zero-order chi connectivity index (χ0) is 15.0. The van der Waals surface area contributed by atoms with Crippen LogP contribution in [0.3, 0.4) is 0 Å². The van der Waals surface area contributed by atoms with Crippen LogP contribution in [-0.4, -0.2) is 29.3 Å². The molecular weight excluding hydrogens is 260 g/mol. The highest BCUT2D eigenvalue weighted by Crippen LogP contribution is 2.11. The van der Waals surface area contributed by atoms with Crippen molar-refractivity contribution in [1.82, 2.24) is 5.32 Å². The second kappa shape index (κ2) is 7.85. The number of carboxylic acids is 1. The van der Waals surface area contributed by atoms with Gasteiger partial charge in [-0.05, 0) is 17.2 Å². The predicted octanol–water partition coefficient (Wildman–Crippen LogP) is 0.0123. The Kier molecular flexibility index (Phi) is 6.12. The van der Waals surface area contributed by atoms with Crippen LogP contribution in [0.4, 0.5) is 0 Å². The predicted molar refractivity (Wildman–Crippen MR) is 72.8 cm³/mol. The number of benzene rings is 1. The Labute approximate surface area is 116 Å². The molecule has 1 aromatic rings. The lowest BCUT2D eigenvalue weighted by Gasteiger charge is -2.15. The fraction of sp³-hybridized carbons (Fsp3) is 0.214. The maximum absolute atomic E-state index is 11.4. The van der Waals surface area contributed by atoms with E-state index in [1.807, 2.05) is 12.1 Å². The molecule has 0 saturated carbocycles. The van der Waals surface area contributed by atoms with E-state index in [0.717, 1.165) is 23.3 Å². The van der Waals surface area contributed by atoms with Crippen molar-refractivity contribution in [3.63, 3.8) is 0 Å². The molecule has 0 aliphatic carbocycles. The van der Waals surface area contributed by atoms with Gasteiger partial charge >= 0.3 is 5.97 Å². The maximum Gasteiger partial charge on any atom is 0.326 e. The summed E-state index contributed by atoms with van der Waals surface area (Å²) in [5, 5.41) is 11.5. The number of carbonyl (C=O) groups excluding carboxylic acids is 2. The molecule has 20 heavy (non-hydrogen) atoms. The third-order valence-electron chi connectivity index (χ3n) is 2.70. The molecular formula is C14H16N2O4. The summed E-state index contributed by atoms with van der Waals surface area (Å²) in [6.45, 7) is 0.293. The highest BCUT2D eigenvalue weighted by Gasteiger charge is 2.20. The Morgan fingerprint density at radius 1 is 1.30 bits per heavy atom. The van der Waals surface area contributed by atoms with Crippen LogP contribution in [0.15, 0.2) is 36.4 Å². The lowest BCUT2D eigenvalue weighted by Crippen LogP contribution is -2.41. The number of nitrogens with one attached hydrogen (secondary N) is 1. The summed E-state index contributed by atoms with van der Waals surface area (Å²) < 4.78 is 0. The van der Waals surface area contributed by atoms with Crippen molar-refractivity contribution in [2.75, 3.05) is 0 Å². The van der Waals surface area contributed by atoms with Crippen LogP contribution in [-0.2, 0) is 27.3 Å². The molecule has 4 N–H and O–H groups in total. The molecule has 1 rings (SSSR count). The second-order valence-corrected chi connectivity index (χ2v) is 4.07. The summed E-state index contributed by atoms with van der Waals surface area (Å²) in [5.41, 5.74) is 7.18. The number of allylic oxidation sites excluding steroid dienone is 1. The molecule has 0 spiro atoms. The Morgan fingerprint density at radius 3 is 2.50 bits per heavy atom. The minimum Gasteiger partial charge on any atom is -0.480 e. The van der Waals surface area contributed by atoms with Gasteiger partial charge < -0.3 is 16.2 Å². The molecule has 0 radical (unpaired) electrons. The number of aldehydes is 1. The highest BCUT2D eigenvalue weighted by molar-refractivity contribution is 5.93. The number of hydrogen-bond donors (Lipinski definition) is 3. The summed E-state index contributed by atoms with van der Waals surface area (Å²) in [6, 6.07) is 6.09. The number of carboxylic acid groups (broad SMARTS) is 1. The molecule has 6 heteroatoms. The summed E-state index contributed by atoms with van der Waals surface area (Å²) >= 11 is 0. The molecule has 0 saturated heterocycles. The van der Waals surface area contributed by atoms with Crippen LogP contribution >= 0.6 is 0 Å². The number of amides is 1. The van der Waals surface area contributed by atoms with Crippen molar-refractivity contribution in [3.05, 3.63) is 47.5 Å². The van der Waals surface area contributed by atoms with Crippen molar-refractivity contribution in [1.29, 1.82) is 0 Å². The third-order valence-corrected chi connectivity index (χ3v) is 2.70. The van der Waals surface area contributed by atoms with Crippen molar-refractivity contribution < 1.29 is 19.5 Å². The van der Waals surface area contributed by atoms with Crippen LogP contribution in [0.2, 0.25) is 0 Å². The molecule has 0 heterocycles. The van der Waals surface area contributed by atoms with E-state index in [4.69, 9.17) is 10.8 Å². The van der Waals surface area contributed by atoms with E-state index in [9.17, 15) is 14.4 Å². The van der Waals surface area contributed by atoms with Gasteiger partial charge in [-0.3, -0.25) is 9.59 Å². The van der Waals surface area contributed by atoms with Crippen molar-refractivity contribution in [2.45, 2.75) is 19.0 Å². The van der Waals surface area contributed by atoms with Gasteiger partial charge in [-0.15, -0.1) is 0 Å². The van der Waals surface area contributed by atoms with E-state index in [0.29, 0.717) is 12.8 Å². The first-order valence-electron chi connectivity index (χ1n) is 6.00. The van der Waals surface area contributed by atoms with Crippen LogP contribution in [0.25, 0.3) is 0 Å². The maximum atomic E-state index is 11.4. The van der Waals surface area contributed by atoms with Crippen molar-refractivity contribution >= 4 is 18.2 Å². The Balaban J connectivity index is 2.82. The zero-order valence-corrected chi connectivity index (χ0v) is 10.8. The molecule has 0 unspecified atom stereocenters. The largest absolute Gasteiger partial charge is 0.480 e. The Bertz CT molecular complexity index is 526. The Hall–Kier alpha value is -2.47. The van der Waals surface area contributed by atoms with E-state index in [-0.39, 0.29) is 6.42 Å². The average molecular weight is 276 g/mol. The summed E-state index contributed by atoms with van der Waals surface area (Å²) in [6.07, 6.45) is 2.56. The number of aliphatic carboxylic acids is 1. The topological polar surface area (TPSA) is 109 Å². The SMILES string of the molecule is NCc1ccccc1C[C@@H](NC(=O)/C=C/C=O)C(=O)O. The Morgan fingerprint density at radius 2 is 1.95 bits per heavy atom. The number of hydrogen-bond acceptors (Lipinski definition) is 4. The van der Waals surface area contributed by atoms with Gasteiger partial charge in [0, 0.05) is 19.0 Å². The molecule has 1 amide bonds. The van der Waals surface area contributed by atoms with Gasteiger partial charge in [0.2, 0.25) is 5.91 Å². The number of nitrogens with two attached hydrogens (primary N) is 1. The summed E-state index contributed by atoms with van der Waals surface area (Å²) in [7, 11) is 0. The minimum atomic E-state index is -1.15. The fourth-order valence-corrected chi connectivity index (χ4v) is 1.72. The summed E-state index contributed by atoms with van der Waals surface area (Å²) in [5.74, 6) is -1.78. The van der Waals surface area contributed by atoms with Gasteiger partial charge in [0.15, 0.2) is 0 Å². The van der Waals surface area contributed by atoms with Crippen LogP contribution in [0, 0.1) is 0 Å². The fourth-order valence-electron chi connectivity index (χ4n) is 1.72. The second-order valence-electron chi connectivity index (χ2n) is 4.07. The average Bonchev–Trinajstić information content (AvgIpc) is 2.44. The van der Waals surface area contributed by atoms with Crippen molar-refractivity contribution in [3.8, 4) is 0 Å². The van der Waals surface area contributed by atoms with E-state index < -0.39 is 17.9 Å². The van der Waals surface area contributed by atoms with Gasteiger partial charge in [0.1, 0.15) is 12.3 Å². The van der Waals surface area contributed by atoms with Gasteiger partial charge in [0.25, 0.3) is 0 Å². The molecule has 1 atom stereocenters. The van der Waals surface area contributed by atoms with E-state index >= 15 is 0 Å². The molecule has 6 nitrogen and oxygen atoms in total. The zero-order valence-electron chi connectivity index (χ0n) is 10.8. The van der Waals surface area contributed by atoms with Crippen LogP contribution in [0.5, 0.6) is 0 Å². The molecule has 0 aliphatic rings. The monoisotopic (exact) mass is 276 g/mol. The first kappa shape index (κ1) is 15.6. The normalized spacial score (nSPS) is 12.1. The van der Waals surface area contributed by atoms with Crippen molar-refractivity contribution in [2.24, 2.45) is 5.73 Å². The molecule has 1 aromatic carbocycles. The molecule has 0 aromatic heterocycles. The lowest BCUT2D eigenvalue weighted by atomic mass is 10.00. The first-order valence-corrected chi connectivity index (χ1v) is 6.00. The van der Waals surface area contributed by atoms with Gasteiger partial charge in [-0.1, -0.05) is 24.3 Å². The van der Waals surface area contributed by atoms with E-state index in [2.05, 4.69) is 5.32 Å². The van der Waals surface area contributed by atoms with E-state index in [1.54, 1.807) is 12.1 Å². The lowest BCUT2D eigenvalue weighted by molar-refractivity contribution is -0.141. The van der Waals surface area contributed by atoms with Gasteiger partial charge in [-0.25, -0.2) is 4.79 Å². The number of rotatable bonds is 7. The first-order chi connectivity index (χ1) is 9.58. The minimum absolute atomic E-state index is 0.128. The van der Waals surface area contributed by atoms with Gasteiger partial charge in [0.05, 0.1) is 0 Å². The molecule has 0 aliphatic heterocycles. The van der Waals surface area contributed by atoms with E-state index in [1.165, 1.54) is 0 Å². The van der Waals surface area contributed by atoms with Crippen LogP contribution in [0.1, 0.15) is 11.1 Å². The summed E-state index contributed by atoms with van der Waals surface area (Å²) in [4.78, 5) is 32.7. The third kappa shape index (κ3) is 4.66. The molecule has 0 fully saturated rings. The quantitative estimate of drug-likeness (QED) is 0.480. The number of carbonyl (C=O) groups is 3. The highest BCUT2D eigenvalue weighted by atomic mass is 16.4. The standard InChI is InChI=1S/C14H16N2O4/c15-9-11-5-2-1-4-10(11)8-12(14(19)20)16-13(18)6-3-7-17/h1-7,12H,8-9,15H2,(H,16,18)(H,19,20)/b6-3+/t12-/m1/s1.